The van der Waals surface area contributed by atoms with E-state index in [0.29, 0.717) is 6.42 Å². The maximum Gasteiger partial charge on any atom is 0.162 e. The van der Waals surface area contributed by atoms with E-state index in [1.54, 1.807) is 0 Å². The Bertz CT molecular complexity index is 405. The van der Waals surface area contributed by atoms with Gasteiger partial charge in [0.2, 0.25) is 0 Å². The molecule has 2 rings (SSSR count). The highest BCUT2D eigenvalue weighted by molar-refractivity contribution is 5.95. The van der Waals surface area contributed by atoms with Crippen molar-refractivity contribution in [3.05, 3.63) is 35.9 Å². The summed E-state index contributed by atoms with van der Waals surface area (Å²) in [7, 11) is 0. The molecule has 0 unspecified atom stereocenters. The third-order valence-electron chi connectivity index (χ3n) is 4.43. The summed E-state index contributed by atoms with van der Waals surface area (Å²) in [4.78, 5) is 11.9. The molecule has 2 nitrogen and oxygen atoms in total. The first-order valence-electron chi connectivity index (χ1n) is 8.00. The fourth-order valence-corrected chi connectivity index (χ4v) is 3.14. The van der Waals surface area contributed by atoms with Gasteiger partial charge in [0.1, 0.15) is 0 Å². The molecular weight excluding hydrogens is 248 g/mol. The molecule has 0 aromatic heterocycles. The smallest absolute Gasteiger partial charge is 0.162 e. The van der Waals surface area contributed by atoms with E-state index in [4.69, 9.17) is 0 Å². The molecule has 0 spiro atoms. The molecule has 1 aromatic rings. The van der Waals surface area contributed by atoms with E-state index in [0.717, 1.165) is 50.5 Å². The van der Waals surface area contributed by atoms with Gasteiger partial charge in [0, 0.05) is 12.0 Å². The summed E-state index contributed by atoms with van der Waals surface area (Å²) in [5.74, 6) is 0.250. The monoisotopic (exact) mass is 274 g/mol. The highest BCUT2D eigenvalue weighted by atomic mass is 16.3. The lowest BCUT2D eigenvalue weighted by molar-refractivity contribution is 0.0361. The summed E-state index contributed by atoms with van der Waals surface area (Å²) < 4.78 is 0. The summed E-state index contributed by atoms with van der Waals surface area (Å²) in [5, 5.41) is 10.2. The number of aliphatic hydroxyl groups is 1. The van der Waals surface area contributed by atoms with E-state index in [1.165, 1.54) is 12.8 Å². The lowest BCUT2D eigenvalue weighted by Gasteiger charge is -2.21. The average Bonchev–Trinajstić information content (AvgIpc) is 2.90. The number of carbonyl (C=O) groups is 1. The summed E-state index contributed by atoms with van der Waals surface area (Å²) in [5.41, 5.74) is 0.465. The van der Waals surface area contributed by atoms with E-state index < -0.39 is 0 Å². The van der Waals surface area contributed by atoms with Gasteiger partial charge in [-0.15, -0.1) is 0 Å². The van der Waals surface area contributed by atoms with Gasteiger partial charge < -0.3 is 5.11 Å². The minimum Gasteiger partial charge on any atom is -0.390 e. The lowest BCUT2D eigenvalue weighted by Crippen LogP contribution is -2.23. The van der Waals surface area contributed by atoms with E-state index in [9.17, 15) is 9.90 Å². The minimum atomic E-state index is -0.361. The van der Waals surface area contributed by atoms with Crippen LogP contribution in [0.25, 0.3) is 0 Å². The Balaban J connectivity index is 1.54. The fourth-order valence-electron chi connectivity index (χ4n) is 3.14. The molecule has 1 N–H and O–H groups in total. The number of unbranched alkanes of at least 4 members (excludes halogenated alkanes) is 3. The standard InChI is InChI=1S/C18H26O2/c19-17(16-10-4-3-5-11-16)12-6-1-2-7-13-18(20)14-8-9-15-18/h3-5,10-11,20H,1-2,6-9,12-15H2. The largest absolute Gasteiger partial charge is 0.390 e. The van der Waals surface area contributed by atoms with Crippen LogP contribution in [0.3, 0.4) is 0 Å². The number of ketones is 1. The first kappa shape index (κ1) is 15.2. The van der Waals surface area contributed by atoms with Crippen molar-refractivity contribution in [3.8, 4) is 0 Å². The van der Waals surface area contributed by atoms with Crippen molar-refractivity contribution >= 4 is 5.78 Å². The molecule has 1 saturated carbocycles. The summed E-state index contributed by atoms with van der Waals surface area (Å²) >= 11 is 0. The topological polar surface area (TPSA) is 37.3 Å². The van der Waals surface area contributed by atoms with Crippen LogP contribution in [-0.2, 0) is 0 Å². The molecule has 1 fully saturated rings. The summed E-state index contributed by atoms with van der Waals surface area (Å²) in [6, 6.07) is 9.53. The molecule has 0 heterocycles. The predicted octanol–water partition coefficient (Wildman–Crippen LogP) is 4.52. The molecule has 0 amide bonds. The van der Waals surface area contributed by atoms with Crippen LogP contribution in [0.1, 0.15) is 74.6 Å². The number of hydrogen-bond donors (Lipinski definition) is 1. The predicted molar refractivity (Wildman–Crippen MR) is 81.9 cm³/mol. The molecule has 110 valence electrons. The van der Waals surface area contributed by atoms with Crippen LogP contribution >= 0.6 is 0 Å². The van der Waals surface area contributed by atoms with Gasteiger partial charge in [-0.3, -0.25) is 4.79 Å². The zero-order valence-corrected chi connectivity index (χ0v) is 12.3. The van der Waals surface area contributed by atoms with Crippen LogP contribution in [0, 0.1) is 0 Å². The normalized spacial score (nSPS) is 17.2. The van der Waals surface area contributed by atoms with Gasteiger partial charge in [-0.05, 0) is 25.7 Å². The Labute approximate surface area is 122 Å². The highest BCUT2D eigenvalue weighted by Crippen LogP contribution is 2.33. The zero-order chi connectivity index (χ0) is 14.3. The molecule has 0 saturated heterocycles. The van der Waals surface area contributed by atoms with Crippen LogP contribution in [-0.4, -0.2) is 16.5 Å². The van der Waals surface area contributed by atoms with Crippen LogP contribution in [0.4, 0.5) is 0 Å². The van der Waals surface area contributed by atoms with Gasteiger partial charge in [-0.1, -0.05) is 62.4 Å². The van der Waals surface area contributed by atoms with E-state index in [-0.39, 0.29) is 11.4 Å². The first-order valence-corrected chi connectivity index (χ1v) is 8.00. The van der Waals surface area contributed by atoms with Crippen molar-refractivity contribution in [1.82, 2.24) is 0 Å². The number of Topliss-reactive ketones (excluding diaryl/α,β-unsaturated/α-hetero) is 1. The molecule has 0 aliphatic heterocycles. The van der Waals surface area contributed by atoms with Crippen molar-refractivity contribution in [2.75, 3.05) is 0 Å². The molecule has 1 aromatic carbocycles. The molecule has 0 radical (unpaired) electrons. The Kier molecular flexibility index (Phi) is 5.78. The van der Waals surface area contributed by atoms with Crippen molar-refractivity contribution in [1.29, 1.82) is 0 Å². The van der Waals surface area contributed by atoms with Gasteiger partial charge in [0.05, 0.1) is 5.60 Å². The summed E-state index contributed by atoms with van der Waals surface area (Å²) in [6.45, 7) is 0. The van der Waals surface area contributed by atoms with Crippen molar-refractivity contribution in [2.24, 2.45) is 0 Å². The van der Waals surface area contributed by atoms with Gasteiger partial charge in [0.15, 0.2) is 5.78 Å². The van der Waals surface area contributed by atoms with Crippen molar-refractivity contribution in [3.63, 3.8) is 0 Å². The van der Waals surface area contributed by atoms with E-state index in [1.807, 2.05) is 30.3 Å². The third-order valence-corrected chi connectivity index (χ3v) is 4.43. The minimum absolute atomic E-state index is 0.250. The van der Waals surface area contributed by atoms with E-state index >= 15 is 0 Å². The SMILES string of the molecule is O=C(CCCCCCC1(O)CCCC1)c1ccccc1. The fraction of sp³-hybridized carbons (Fsp3) is 0.611. The van der Waals surface area contributed by atoms with Crippen LogP contribution < -0.4 is 0 Å². The molecule has 2 heteroatoms. The Morgan fingerprint density at radius 2 is 1.65 bits per heavy atom. The van der Waals surface area contributed by atoms with Crippen LogP contribution in [0.15, 0.2) is 30.3 Å². The van der Waals surface area contributed by atoms with Gasteiger partial charge >= 0.3 is 0 Å². The Morgan fingerprint density at radius 3 is 2.35 bits per heavy atom. The Hall–Kier alpha value is -1.15. The zero-order valence-electron chi connectivity index (χ0n) is 12.3. The number of hydrogen-bond acceptors (Lipinski definition) is 2. The molecule has 0 atom stereocenters. The maximum absolute atomic E-state index is 11.9. The molecule has 1 aliphatic carbocycles. The molecule has 20 heavy (non-hydrogen) atoms. The van der Waals surface area contributed by atoms with Crippen LogP contribution in [0.2, 0.25) is 0 Å². The third kappa shape index (κ3) is 4.75. The van der Waals surface area contributed by atoms with Gasteiger partial charge in [-0.2, -0.15) is 0 Å². The second-order valence-electron chi connectivity index (χ2n) is 6.13. The first-order chi connectivity index (χ1) is 9.70. The van der Waals surface area contributed by atoms with E-state index in [2.05, 4.69) is 0 Å². The number of rotatable bonds is 8. The van der Waals surface area contributed by atoms with Crippen molar-refractivity contribution in [2.45, 2.75) is 69.8 Å². The molecule has 0 bridgehead atoms. The lowest BCUT2D eigenvalue weighted by atomic mass is 9.94. The van der Waals surface area contributed by atoms with Crippen LogP contribution in [0.5, 0.6) is 0 Å². The van der Waals surface area contributed by atoms with Gasteiger partial charge in [0.25, 0.3) is 0 Å². The highest BCUT2D eigenvalue weighted by Gasteiger charge is 2.29. The second-order valence-corrected chi connectivity index (χ2v) is 6.13. The quantitative estimate of drug-likeness (QED) is 0.559. The van der Waals surface area contributed by atoms with Crippen molar-refractivity contribution < 1.29 is 9.90 Å². The number of carbonyl (C=O) groups excluding carboxylic acids is 1. The number of benzene rings is 1. The average molecular weight is 274 g/mol. The maximum atomic E-state index is 11.9. The second kappa shape index (κ2) is 7.58. The Morgan fingerprint density at radius 1 is 1.00 bits per heavy atom. The van der Waals surface area contributed by atoms with Gasteiger partial charge in [-0.25, -0.2) is 0 Å². The molecule has 1 aliphatic rings. The summed E-state index contributed by atoms with van der Waals surface area (Å²) in [6.07, 6.45) is 10.2. The molecular formula is C18H26O2.